The fraction of sp³-hybridized carbons (Fsp3) is 0.167. The number of carbonyl (C=O) groups is 1. The van der Waals surface area contributed by atoms with Gasteiger partial charge in [0.25, 0.3) is 15.9 Å². The van der Waals surface area contributed by atoms with Crippen LogP contribution in [0.2, 0.25) is 0 Å². The third-order valence-corrected chi connectivity index (χ3v) is 6.19. The van der Waals surface area contributed by atoms with Crippen LogP contribution in [-0.2, 0) is 10.0 Å². The number of hydrogen-bond acceptors (Lipinski definition) is 6. The molecule has 0 saturated heterocycles. The molecular weight excluding hydrogens is 442 g/mol. The average Bonchev–Trinajstić information content (AvgIpc) is 3.06. The van der Waals surface area contributed by atoms with Crippen LogP contribution in [-0.4, -0.2) is 33.4 Å². The molecule has 0 atom stereocenters. The molecule has 0 bridgehead atoms. The van der Waals surface area contributed by atoms with Gasteiger partial charge in [-0.1, -0.05) is 12.1 Å². The van der Waals surface area contributed by atoms with Crippen LogP contribution in [0, 0.1) is 0 Å². The fourth-order valence-corrected chi connectivity index (χ4v) is 4.55. The Hall–Kier alpha value is -3.85. The molecule has 0 fully saturated rings. The van der Waals surface area contributed by atoms with Crippen molar-refractivity contribution in [1.29, 1.82) is 0 Å². The maximum absolute atomic E-state index is 12.8. The fourth-order valence-electron chi connectivity index (χ4n) is 3.38. The van der Waals surface area contributed by atoms with Crippen LogP contribution in [0.3, 0.4) is 0 Å². The minimum atomic E-state index is -3.71. The molecule has 0 unspecified atom stereocenters. The van der Waals surface area contributed by atoms with Crippen molar-refractivity contribution < 1.29 is 22.7 Å². The van der Waals surface area contributed by atoms with Crippen LogP contribution in [0.5, 0.6) is 11.5 Å². The minimum Gasteiger partial charge on any atom is -0.494 e. The van der Waals surface area contributed by atoms with Crippen molar-refractivity contribution in [2.75, 3.05) is 23.8 Å². The van der Waals surface area contributed by atoms with E-state index < -0.39 is 10.0 Å². The molecule has 1 aliphatic rings. The lowest BCUT2D eigenvalue weighted by molar-refractivity contribution is 0.102. The number of hydrogen-bond donors (Lipinski definition) is 2. The Morgan fingerprint density at radius 1 is 0.939 bits per heavy atom. The molecule has 1 amide bonds. The summed E-state index contributed by atoms with van der Waals surface area (Å²) in [7, 11) is -3.71. The molecule has 9 heteroatoms. The van der Waals surface area contributed by atoms with E-state index in [1.807, 2.05) is 13.8 Å². The van der Waals surface area contributed by atoms with Gasteiger partial charge in [0.2, 0.25) is 0 Å². The van der Waals surface area contributed by atoms with Crippen molar-refractivity contribution >= 4 is 33.1 Å². The van der Waals surface area contributed by atoms with Gasteiger partial charge in [0.05, 0.1) is 18.9 Å². The molecular formula is C24H23N3O5S. The highest BCUT2D eigenvalue weighted by Gasteiger charge is 2.28. The van der Waals surface area contributed by atoms with Crippen LogP contribution in [0.15, 0.2) is 76.0 Å². The van der Waals surface area contributed by atoms with E-state index in [0.717, 1.165) is 0 Å². The first kappa shape index (κ1) is 22.3. The second-order valence-corrected chi connectivity index (χ2v) is 8.66. The molecule has 8 nitrogen and oxygen atoms in total. The van der Waals surface area contributed by atoms with Crippen LogP contribution in [0.25, 0.3) is 0 Å². The molecule has 0 aliphatic carbocycles. The SMILES string of the molecule is CCOc1ccc(OCC)c(NC(=O)c2ccc(NC3=NS(=O)(=O)c4ccccc43)cc2)c1. The van der Waals surface area contributed by atoms with E-state index in [1.165, 1.54) is 6.07 Å². The Labute approximate surface area is 192 Å². The maximum Gasteiger partial charge on any atom is 0.285 e. The number of fused-ring (bicyclic) bond motifs is 1. The van der Waals surface area contributed by atoms with E-state index in [-0.39, 0.29) is 16.6 Å². The number of rotatable bonds is 7. The van der Waals surface area contributed by atoms with Crippen molar-refractivity contribution in [3.05, 3.63) is 77.9 Å². The van der Waals surface area contributed by atoms with Gasteiger partial charge in [-0.3, -0.25) is 4.79 Å². The van der Waals surface area contributed by atoms with Crippen LogP contribution >= 0.6 is 0 Å². The number of amides is 1. The number of nitrogens with zero attached hydrogens (tertiary/aromatic N) is 1. The number of benzene rings is 3. The first-order chi connectivity index (χ1) is 15.9. The summed E-state index contributed by atoms with van der Waals surface area (Å²) in [6.07, 6.45) is 0. The lowest BCUT2D eigenvalue weighted by atomic mass is 10.1. The van der Waals surface area contributed by atoms with Gasteiger partial charge in [-0.15, -0.1) is 4.40 Å². The van der Waals surface area contributed by atoms with Crippen molar-refractivity contribution in [2.24, 2.45) is 4.40 Å². The van der Waals surface area contributed by atoms with Gasteiger partial charge in [0.1, 0.15) is 16.4 Å². The Balaban J connectivity index is 1.50. The van der Waals surface area contributed by atoms with Gasteiger partial charge in [-0.05, 0) is 62.4 Å². The van der Waals surface area contributed by atoms with Crippen LogP contribution in [0.4, 0.5) is 11.4 Å². The number of anilines is 2. The number of nitrogens with one attached hydrogen (secondary N) is 2. The molecule has 1 heterocycles. The van der Waals surface area contributed by atoms with Crippen LogP contribution < -0.4 is 20.1 Å². The van der Waals surface area contributed by atoms with Gasteiger partial charge in [-0.2, -0.15) is 8.42 Å². The predicted molar refractivity (Wildman–Crippen MR) is 127 cm³/mol. The molecule has 0 spiro atoms. The minimum absolute atomic E-state index is 0.169. The Kier molecular flexibility index (Phi) is 6.32. The smallest absolute Gasteiger partial charge is 0.285 e. The van der Waals surface area contributed by atoms with E-state index in [4.69, 9.17) is 9.47 Å². The summed E-state index contributed by atoms with van der Waals surface area (Å²) in [6, 6.07) is 18.5. The third-order valence-electron chi connectivity index (χ3n) is 4.85. The Morgan fingerprint density at radius 3 is 2.39 bits per heavy atom. The van der Waals surface area contributed by atoms with E-state index in [2.05, 4.69) is 15.0 Å². The molecule has 3 aromatic rings. The zero-order valence-electron chi connectivity index (χ0n) is 18.2. The normalized spacial score (nSPS) is 13.6. The number of sulfonamides is 1. The lowest BCUT2D eigenvalue weighted by Crippen LogP contribution is -2.14. The zero-order chi connectivity index (χ0) is 23.4. The van der Waals surface area contributed by atoms with Crippen LogP contribution in [0.1, 0.15) is 29.8 Å². The second kappa shape index (κ2) is 9.33. The van der Waals surface area contributed by atoms with E-state index in [9.17, 15) is 13.2 Å². The Bertz CT molecular complexity index is 1320. The lowest BCUT2D eigenvalue weighted by Gasteiger charge is -2.14. The number of carbonyl (C=O) groups excluding carboxylic acids is 1. The van der Waals surface area contributed by atoms with E-state index in [0.29, 0.717) is 47.2 Å². The summed E-state index contributed by atoms with van der Waals surface area (Å²) < 4.78 is 39.4. The highest BCUT2D eigenvalue weighted by molar-refractivity contribution is 7.90. The van der Waals surface area contributed by atoms with Gasteiger partial charge in [0, 0.05) is 22.9 Å². The summed E-state index contributed by atoms with van der Waals surface area (Å²) >= 11 is 0. The topological polar surface area (TPSA) is 106 Å². The molecule has 33 heavy (non-hydrogen) atoms. The molecule has 4 rings (SSSR count). The molecule has 1 aliphatic heterocycles. The standard InChI is InChI=1S/C24H23N3O5S/c1-3-31-18-13-14-21(32-4-2)20(15-18)26-24(28)16-9-11-17(12-10-16)25-23-19-7-5-6-8-22(19)33(29,30)27-23/h5-15H,3-4H2,1-2H3,(H,25,27)(H,26,28). The quantitative estimate of drug-likeness (QED) is 0.539. The number of ether oxygens (including phenoxy) is 2. The highest BCUT2D eigenvalue weighted by Crippen LogP contribution is 2.30. The van der Waals surface area contributed by atoms with E-state index >= 15 is 0 Å². The maximum atomic E-state index is 12.8. The van der Waals surface area contributed by atoms with Crippen molar-refractivity contribution in [3.63, 3.8) is 0 Å². The second-order valence-electron chi connectivity index (χ2n) is 7.09. The monoisotopic (exact) mass is 465 g/mol. The molecule has 170 valence electrons. The summed E-state index contributed by atoms with van der Waals surface area (Å²) in [5.41, 5.74) is 2.05. The van der Waals surface area contributed by atoms with Gasteiger partial charge in [0.15, 0.2) is 5.84 Å². The first-order valence-corrected chi connectivity index (χ1v) is 11.9. The highest BCUT2D eigenvalue weighted by atomic mass is 32.2. The average molecular weight is 466 g/mol. The van der Waals surface area contributed by atoms with Gasteiger partial charge in [-0.25, -0.2) is 0 Å². The van der Waals surface area contributed by atoms with Crippen molar-refractivity contribution in [2.45, 2.75) is 18.7 Å². The van der Waals surface area contributed by atoms with E-state index in [1.54, 1.807) is 60.7 Å². The Morgan fingerprint density at radius 2 is 1.67 bits per heavy atom. The number of amidine groups is 1. The van der Waals surface area contributed by atoms with Crippen molar-refractivity contribution in [1.82, 2.24) is 0 Å². The van der Waals surface area contributed by atoms with Gasteiger partial charge >= 0.3 is 0 Å². The molecule has 3 aromatic carbocycles. The summed E-state index contributed by atoms with van der Waals surface area (Å²) in [5.74, 6) is 1.11. The predicted octanol–water partition coefficient (Wildman–Crippen LogP) is 4.30. The zero-order valence-corrected chi connectivity index (χ0v) is 19.0. The molecule has 0 aromatic heterocycles. The molecule has 2 N–H and O–H groups in total. The summed E-state index contributed by atoms with van der Waals surface area (Å²) in [4.78, 5) is 13.0. The molecule has 0 saturated carbocycles. The third kappa shape index (κ3) is 4.83. The largest absolute Gasteiger partial charge is 0.494 e. The van der Waals surface area contributed by atoms with Gasteiger partial charge < -0.3 is 20.1 Å². The summed E-state index contributed by atoms with van der Waals surface area (Å²) in [5, 5.41) is 5.88. The summed E-state index contributed by atoms with van der Waals surface area (Å²) in [6.45, 7) is 4.72. The molecule has 0 radical (unpaired) electrons. The first-order valence-electron chi connectivity index (χ1n) is 10.4. The van der Waals surface area contributed by atoms with Crippen molar-refractivity contribution in [3.8, 4) is 11.5 Å².